The van der Waals surface area contributed by atoms with Crippen LogP contribution in [0.3, 0.4) is 0 Å². The summed E-state index contributed by atoms with van der Waals surface area (Å²) in [5.41, 5.74) is 8.29. The maximum Gasteiger partial charge on any atom is -0.0220 e. The second-order valence-electron chi connectivity index (χ2n) is 51.2. The van der Waals surface area contributed by atoms with Gasteiger partial charge in [0.2, 0.25) is 0 Å². The van der Waals surface area contributed by atoms with Crippen LogP contribution in [0.2, 0.25) is 0 Å². The summed E-state index contributed by atoms with van der Waals surface area (Å²) >= 11 is 0. The molecule has 6 atom stereocenters. The Morgan fingerprint density at radius 2 is 0.676 bits per heavy atom. The lowest BCUT2D eigenvalue weighted by Gasteiger charge is -2.65. The fraction of sp³-hybridized carbons (Fsp3) is 1.00. The van der Waals surface area contributed by atoms with Crippen molar-refractivity contribution in [2.45, 2.75) is 424 Å². The van der Waals surface area contributed by atoms with E-state index in [1.54, 1.807) is 167 Å². The Hall–Kier alpha value is 0. The molecule has 0 heterocycles. The number of unbranched alkanes of at least 4 members (excludes halogenated alkanes) is 1. The summed E-state index contributed by atoms with van der Waals surface area (Å²) in [6.45, 7) is 62.3. The Kier molecular flexibility index (Phi) is 21.1. The predicted molar refractivity (Wildman–Crippen MR) is 441 cm³/mol. The van der Waals surface area contributed by atoms with Gasteiger partial charge in [-0.3, -0.25) is 0 Å². The number of fused-ring (bicyclic) bond motifs is 6. The lowest BCUT2D eigenvalue weighted by molar-refractivity contribution is -0.153. The second kappa shape index (κ2) is 27.4. The van der Waals surface area contributed by atoms with Crippen molar-refractivity contribution in [2.75, 3.05) is 0 Å². The first-order valence-electron chi connectivity index (χ1n) is 47.4. The van der Waals surface area contributed by atoms with Gasteiger partial charge in [-0.15, -0.1) is 0 Å². The van der Waals surface area contributed by atoms with Gasteiger partial charge in [-0.05, 0) is 443 Å². The Bertz CT molecular complexity index is 2700. The van der Waals surface area contributed by atoms with E-state index < -0.39 is 0 Å². The molecule has 102 heavy (non-hydrogen) atoms. The minimum Gasteiger partial charge on any atom is -0.0654 e. The Balaban J connectivity index is 0.0000000991. The van der Waals surface area contributed by atoms with Crippen molar-refractivity contribution in [3.05, 3.63) is 0 Å². The van der Waals surface area contributed by atoms with Crippen LogP contribution in [0.25, 0.3) is 0 Å². The third-order valence-corrected chi connectivity index (χ3v) is 44.7. The molecular weight excluding hydrogens is 1230 g/mol. The highest BCUT2D eigenvalue weighted by Crippen LogP contribution is 2.75. The van der Waals surface area contributed by atoms with E-state index >= 15 is 0 Å². The molecule has 0 aliphatic heterocycles. The van der Waals surface area contributed by atoms with E-state index in [1.165, 1.54) is 83.5 Å². The topological polar surface area (TPSA) is 0 Å². The van der Waals surface area contributed by atoms with Gasteiger partial charge in [-0.1, -0.05) is 199 Å². The Labute approximate surface area is 638 Å². The lowest BCUT2D eigenvalue weighted by atomic mass is 9.40. The van der Waals surface area contributed by atoms with Crippen LogP contribution in [0.1, 0.15) is 424 Å². The molecule has 0 nitrogen and oxygen atoms in total. The van der Waals surface area contributed by atoms with Crippen LogP contribution in [0.5, 0.6) is 0 Å². The average molecular weight is 1400 g/mol. The van der Waals surface area contributed by atoms with Gasteiger partial charge in [-0.2, -0.15) is 0 Å². The molecule has 26 aliphatic rings. The first-order chi connectivity index (χ1) is 47.4. The third kappa shape index (κ3) is 13.2. The fourth-order valence-corrected chi connectivity index (χ4v) is 35.6. The molecule has 0 radical (unpaired) electrons. The van der Waals surface area contributed by atoms with Gasteiger partial charge in [0.25, 0.3) is 0 Å². The van der Waals surface area contributed by atoms with E-state index in [0.717, 1.165) is 159 Å². The highest BCUT2D eigenvalue weighted by Gasteiger charge is 2.67. The summed E-state index contributed by atoms with van der Waals surface area (Å²) in [5, 5.41) is 0. The van der Waals surface area contributed by atoms with Gasteiger partial charge in [0, 0.05) is 0 Å². The van der Waals surface area contributed by atoms with Crippen molar-refractivity contribution in [3.63, 3.8) is 0 Å². The van der Waals surface area contributed by atoms with E-state index in [4.69, 9.17) is 0 Å². The van der Waals surface area contributed by atoms with Crippen LogP contribution in [-0.4, -0.2) is 0 Å². The van der Waals surface area contributed by atoms with Gasteiger partial charge >= 0.3 is 0 Å². The molecule has 26 saturated carbocycles. The summed E-state index contributed by atoms with van der Waals surface area (Å²) in [6, 6.07) is 0. The Morgan fingerprint density at radius 1 is 0.324 bits per heavy atom. The molecule has 0 spiro atoms. The molecule has 6 unspecified atom stereocenters. The molecular formula is C102H178. The molecule has 586 valence electrons. The van der Waals surface area contributed by atoms with Crippen LogP contribution < -0.4 is 0 Å². The maximum atomic E-state index is 2.63. The van der Waals surface area contributed by atoms with Crippen LogP contribution in [-0.2, 0) is 0 Å². The first kappa shape index (κ1) is 78.7. The zero-order chi connectivity index (χ0) is 73.5. The minimum absolute atomic E-state index is 0.510. The quantitative estimate of drug-likeness (QED) is 0.257. The van der Waals surface area contributed by atoms with Crippen LogP contribution in [0.15, 0.2) is 0 Å². The zero-order valence-electron chi connectivity index (χ0n) is 73.5. The van der Waals surface area contributed by atoms with Crippen LogP contribution in [0.4, 0.5) is 0 Å². The van der Waals surface area contributed by atoms with E-state index in [2.05, 4.69) is 173 Å². The zero-order valence-corrected chi connectivity index (χ0v) is 73.5. The van der Waals surface area contributed by atoms with Gasteiger partial charge in [0.1, 0.15) is 0 Å². The highest BCUT2D eigenvalue weighted by molar-refractivity contribution is 5.16. The Morgan fingerprint density at radius 3 is 0.922 bits per heavy atom. The van der Waals surface area contributed by atoms with Crippen molar-refractivity contribution in [3.8, 4) is 0 Å². The SMILES string of the molecule is CC(C)(C)C1(C)C2CC3CC(C2)CC1C3.CC(C)C1(C)C2CC3CC(C2)CC1C3.CC1(C)C2CC3CC(C2)CC1C3.CC1(C)CC2CCC1(C)C2(C)C.CC1(C)CC2CCC1C2.CC12CCC(C1)C(C)(C)C2(C)C.CCC1(C)C2CC3CC(C2)CC1C3.CCCCC1(C)C2CC3CC(C2)CC1C3. The standard InChI is InChI=1S/2C15H26.C14H24.C13H22.C12H20.2C12H22.C9H16/c1-14(2,3)15(4)12-6-10-5-11(8-12)9-13(15)7-10;1-3-4-5-15(2)13-7-11-6-12(9-13)10-14(15)8-11;1-9(2)14(3)12-5-10-4-11(7-12)8-13(14)6-10;1-3-13(2)11-5-9-4-10(7-11)8-12(13)6-9;1-12(2)10-4-8-3-9(6-10)7-11(12)5-8;1-10(2)9-6-7-12(5,8-9)11(10,3)4;1-10(2)8-9-6-7-12(10,5)11(9,3)4;1-9(2)6-7-3-4-8(9)5-7/h10-13H,5-9H2,1-4H3;11-14H,3-10H2,1-2H3;9-13H,4-8H2,1-3H3;9-12H,3-8H2,1-2H3;8-11H,3-7H2,1-2H3;2*9H,6-8H2,1-5H3;7-8H,3-6H2,1-2H3. The fourth-order valence-electron chi connectivity index (χ4n) is 35.6. The normalized spacial score (nSPS) is 52.5. The highest BCUT2D eigenvalue weighted by atomic mass is 14.7. The van der Waals surface area contributed by atoms with E-state index in [0.29, 0.717) is 59.6 Å². The van der Waals surface area contributed by atoms with Crippen molar-refractivity contribution in [2.24, 2.45) is 218 Å². The molecule has 26 aliphatic carbocycles. The summed E-state index contributed by atoms with van der Waals surface area (Å²) in [7, 11) is 0. The monoisotopic (exact) mass is 1400 g/mol. The maximum absolute atomic E-state index is 2.63. The van der Waals surface area contributed by atoms with Crippen molar-refractivity contribution >= 4 is 0 Å². The molecule has 0 saturated heterocycles. The van der Waals surface area contributed by atoms with Crippen LogP contribution in [0, 0.1) is 218 Å². The molecule has 0 heteroatoms. The minimum atomic E-state index is 0.510. The lowest BCUT2D eigenvalue weighted by Crippen LogP contribution is -2.56. The van der Waals surface area contributed by atoms with Gasteiger partial charge < -0.3 is 0 Å². The van der Waals surface area contributed by atoms with Crippen molar-refractivity contribution in [1.82, 2.24) is 0 Å². The van der Waals surface area contributed by atoms with Gasteiger partial charge in [0.05, 0.1) is 0 Å². The molecule has 0 aromatic rings. The average Bonchev–Trinajstić information content (AvgIpc) is 1.46. The summed E-state index contributed by atoms with van der Waals surface area (Å²) in [6.07, 6.45) is 60.2. The van der Waals surface area contributed by atoms with E-state index in [1.807, 2.05) is 0 Å². The largest absolute Gasteiger partial charge is 0.0654 e. The summed E-state index contributed by atoms with van der Waals surface area (Å²) < 4.78 is 0. The summed E-state index contributed by atoms with van der Waals surface area (Å²) in [4.78, 5) is 0. The summed E-state index contributed by atoms with van der Waals surface area (Å²) in [5.74, 6) is 27.3. The van der Waals surface area contributed by atoms with Crippen molar-refractivity contribution in [1.29, 1.82) is 0 Å². The van der Waals surface area contributed by atoms with E-state index in [9.17, 15) is 0 Å². The number of hydrogen-bond acceptors (Lipinski definition) is 0. The first-order valence-corrected chi connectivity index (χ1v) is 47.4. The third-order valence-electron chi connectivity index (χ3n) is 44.7. The van der Waals surface area contributed by atoms with Crippen molar-refractivity contribution < 1.29 is 0 Å². The molecule has 0 aromatic carbocycles. The predicted octanol–water partition coefficient (Wildman–Crippen LogP) is 31.1. The second-order valence-corrected chi connectivity index (χ2v) is 51.2. The van der Waals surface area contributed by atoms with Gasteiger partial charge in [0.15, 0.2) is 0 Å². The molecule has 0 amide bonds. The molecule has 0 aromatic heterocycles. The molecule has 26 fully saturated rings. The molecule has 0 N–H and O–H groups in total. The molecule has 26 rings (SSSR count). The van der Waals surface area contributed by atoms with E-state index in [-0.39, 0.29) is 0 Å². The molecule has 26 bridgehead atoms. The van der Waals surface area contributed by atoms with Crippen LogP contribution >= 0.6 is 0 Å². The number of rotatable bonds is 5. The number of hydrogen-bond donors (Lipinski definition) is 0. The van der Waals surface area contributed by atoms with Gasteiger partial charge in [-0.25, -0.2) is 0 Å². The smallest absolute Gasteiger partial charge is 0.0220 e.